The molecular formula is C22H23F2N7O6. The summed E-state index contributed by atoms with van der Waals surface area (Å²) in [5.41, 5.74) is 4.03. The van der Waals surface area contributed by atoms with Crippen molar-refractivity contribution in [2.24, 2.45) is 5.73 Å². The number of carbonyl (C=O) groups is 3. The SMILES string of the molecule is CC(C)(C)OC(=O)NC(CC(=O)O)Cn1nnc(-c2ccc(Oc3ncc(C(N)=O)cc3F)cc2F)n1. The first-order valence-electron chi connectivity index (χ1n) is 10.7. The molecule has 3 rings (SSSR count). The zero-order valence-corrected chi connectivity index (χ0v) is 19.9. The van der Waals surface area contributed by atoms with Crippen LogP contribution >= 0.6 is 0 Å². The number of hydrogen-bond donors (Lipinski definition) is 3. The van der Waals surface area contributed by atoms with Crippen LogP contribution in [-0.4, -0.2) is 59.9 Å². The predicted molar refractivity (Wildman–Crippen MR) is 121 cm³/mol. The number of hydrogen-bond acceptors (Lipinski definition) is 9. The number of halogens is 2. The maximum absolute atomic E-state index is 14.8. The Bertz CT molecular complexity index is 1330. The number of primary amides is 1. The van der Waals surface area contributed by atoms with Crippen LogP contribution in [0.5, 0.6) is 11.6 Å². The molecule has 4 N–H and O–H groups in total. The molecule has 0 bridgehead atoms. The van der Waals surface area contributed by atoms with E-state index in [2.05, 4.69) is 25.7 Å². The third-order valence-electron chi connectivity index (χ3n) is 4.47. The Hall–Kier alpha value is -4.69. The van der Waals surface area contributed by atoms with Crippen molar-refractivity contribution < 1.29 is 37.7 Å². The summed E-state index contributed by atoms with van der Waals surface area (Å²) in [7, 11) is 0. The van der Waals surface area contributed by atoms with E-state index in [0.29, 0.717) is 0 Å². The Balaban J connectivity index is 1.72. The lowest BCUT2D eigenvalue weighted by molar-refractivity contribution is -0.137. The average molecular weight is 519 g/mol. The van der Waals surface area contributed by atoms with Gasteiger partial charge in [-0.1, -0.05) is 0 Å². The maximum atomic E-state index is 14.8. The van der Waals surface area contributed by atoms with Crippen molar-refractivity contribution >= 4 is 18.0 Å². The number of pyridine rings is 1. The molecule has 0 aliphatic carbocycles. The first kappa shape index (κ1) is 26.9. The van der Waals surface area contributed by atoms with Gasteiger partial charge in [0, 0.05) is 12.3 Å². The second kappa shape index (κ2) is 10.9. The molecule has 2 heterocycles. The maximum Gasteiger partial charge on any atom is 0.407 e. The van der Waals surface area contributed by atoms with Crippen molar-refractivity contribution in [1.29, 1.82) is 0 Å². The molecule has 0 saturated carbocycles. The van der Waals surface area contributed by atoms with Crippen LogP contribution in [0.2, 0.25) is 0 Å². The molecule has 0 spiro atoms. The number of nitrogens with zero attached hydrogens (tertiary/aromatic N) is 5. The lowest BCUT2D eigenvalue weighted by Gasteiger charge is -2.22. The monoisotopic (exact) mass is 519 g/mol. The van der Waals surface area contributed by atoms with E-state index in [-0.39, 0.29) is 29.2 Å². The highest BCUT2D eigenvalue weighted by atomic mass is 19.1. The van der Waals surface area contributed by atoms with Crippen LogP contribution in [0.25, 0.3) is 11.4 Å². The van der Waals surface area contributed by atoms with Crippen molar-refractivity contribution in [3.05, 3.63) is 47.7 Å². The zero-order valence-electron chi connectivity index (χ0n) is 19.9. The van der Waals surface area contributed by atoms with Crippen molar-refractivity contribution in [2.75, 3.05) is 0 Å². The number of carboxylic acids is 1. The fourth-order valence-electron chi connectivity index (χ4n) is 2.96. The van der Waals surface area contributed by atoms with Gasteiger partial charge in [0.1, 0.15) is 17.2 Å². The topological polar surface area (TPSA) is 184 Å². The number of alkyl carbamates (subject to hydrolysis) is 1. The number of aromatic nitrogens is 5. The van der Waals surface area contributed by atoms with Gasteiger partial charge >= 0.3 is 12.1 Å². The van der Waals surface area contributed by atoms with Crippen molar-refractivity contribution in [1.82, 2.24) is 30.5 Å². The number of nitrogens with two attached hydrogens (primary N) is 1. The molecule has 15 heteroatoms. The van der Waals surface area contributed by atoms with E-state index in [1.807, 2.05) is 0 Å². The highest BCUT2D eigenvalue weighted by Crippen LogP contribution is 2.27. The third kappa shape index (κ3) is 7.65. The first-order valence-corrected chi connectivity index (χ1v) is 10.7. The van der Waals surface area contributed by atoms with Crippen molar-refractivity contribution in [3.63, 3.8) is 0 Å². The lowest BCUT2D eigenvalue weighted by atomic mass is 10.2. The number of aliphatic carboxylic acids is 1. The molecule has 2 amide bonds. The average Bonchev–Trinajstić information content (AvgIpc) is 3.21. The highest BCUT2D eigenvalue weighted by Gasteiger charge is 2.23. The first-order chi connectivity index (χ1) is 17.3. The van der Waals surface area contributed by atoms with Crippen molar-refractivity contribution in [3.8, 4) is 23.0 Å². The number of rotatable bonds is 9. The van der Waals surface area contributed by atoms with E-state index in [1.54, 1.807) is 20.8 Å². The quantitative estimate of drug-likeness (QED) is 0.379. The Morgan fingerprint density at radius 3 is 2.51 bits per heavy atom. The largest absolute Gasteiger partial charge is 0.481 e. The Morgan fingerprint density at radius 1 is 1.19 bits per heavy atom. The summed E-state index contributed by atoms with van der Waals surface area (Å²) >= 11 is 0. The fourth-order valence-corrected chi connectivity index (χ4v) is 2.96. The summed E-state index contributed by atoms with van der Waals surface area (Å²) in [6.45, 7) is 4.78. The Morgan fingerprint density at radius 2 is 1.92 bits per heavy atom. The summed E-state index contributed by atoms with van der Waals surface area (Å²) in [4.78, 5) is 39.0. The lowest BCUT2D eigenvalue weighted by Crippen LogP contribution is -2.42. The molecule has 2 aromatic heterocycles. The molecule has 1 atom stereocenters. The van der Waals surface area contributed by atoms with E-state index in [4.69, 9.17) is 20.3 Å². The molecule has 196 valence electrons. The predicted octanol–water partition coefficient (Wildman–Crippen LogP) is 2.27. The van der Waals surface area contributed by atoms with Crippen LogP contribution in [0.3, 0.4) is 0 Å². The number of ether oxygens (including phenoxy) is 2. The van der Waals surface area contributed by atoms with Gasteiger partial charge in [0.25, 0.3) is 5.88 Å². The van der Waals surface area contributed by atoms with Gasteiger partial charge in [-0.2, -0.15) is 4.80 Å². The highest BCUT2D eigenvalue weighted by molar-refractivity contribution is 5.92. The number of benzene rings is 1. The second-order valence-electron chi connectivity index (χ2n) is 8.73. The van der Waals surface area contributed by atoms with Crippen LogP contribution in [0.1, 0.15) is 37.6 Å². The van der Waals surface area contributed by atoms with E-state index in [9.17, 15) is 23.2 Å². The van der Waals surface area contributed by atoms with Gasteiger partial charge in [0.05, 0.1) is 30.1 Å². The van der Waals surface area contributed by atoms with E-state index >= 15 is 0 Å². The van der Waals surface area contributed by atoms with Gasteiger partial charge in [-0.3, -0.25) is 9.59 Å². The molecule has 1 unspecified atom stereocenters. The molecule has 0 saturated heterocycles. The number of carbonyl (C=O) groups excluding carboxylic acids is 2. The molecule has 1 aromatic carbocycles. The van der Waals surface area contributed by atoms with Gasteiger partial charge in [-0.25, -0.2) is 18.6 Å². The van der Waals surface area contributed by atoms with Crippen molar-refractivity contribution in [2.45, 2.75) is 45.4 Å². The normalized spacial score (nSPS) is 12.0. The Labute approximate surface area is 208 Å². The minimum absolute atomic E-state index is 0.0778. The van der Waals surface area contributed by atoms with Crippen LogP contribution in [0.4, 0.5) is 13.6 Å². The van der Waals surface area contributed by atoms with Gasteiger partial charge in [0.15, 0.2) is 5.82 Å². The number of nitrogens with one attached hydrogen (secondary N) is 1. The van der Waals surface area contributed by atoms with Gasteiger partial charge in [0.2, 0.25) is 11.7 Å². The van der Waals surface area contributed by atoms with E-state index < -0.39 is 53.5 Å². The van der Waals surface area contributed by atoms with Gasteiger partial charge in [-0.15, -0.1) is 10.2 Å². The van der Waals surface area contributed by atoms with E-state index in [1.165, 1.54) is 12.1 Å². The summed E-state index contributed by atoms with van der Waals surface area (Å²) < 4.78 is 39.2. The molecular weight excluding hydrogens is 496 g/mol. The minimum atomic E-state index is -1.18. The summed E-state index contributed by atoms with van der Waals surface area (Å²) in [6.07, 6.45) is -0.263. The molecule has 0 radical (unpaired) electrons. The number of tetrazole rings is 1. The van der Waals surface area contributed by atoms with Crippen LogP contribution < -0.4 is 15.8 Å². The zero-order chi connectivity index (χ0) is 27.3. The fraction of sp³-hybridized carbons (Fsp3) is 0.318. The second-order valence-corrected chi connectivity index (χ2v) is 8.73. The Kier molecular flexibility index (Phi) is 7.95. The molecule has 3 aromatic rings. The third-order valence-corrected chi connectivity index (χ3v) is 4.47. The smallest absolute Gasteiger partial charge is 0.407 e. The molecule has 0 fully saturated rings. The summed E-state index contributed by atoms with van der Waals surface area (Å²) in [5.74, 6) is -4.59. The van der Waals surface area contributed by atoms with Gasteiger partial charge in [-0.05, 0) is 44.2 Å². The summed E-state index contributed by atoms with van der Waals surface area (Å²) in [6, 6.07) is 3.40. The molecule has 37 heavy (non-hydrogen) atoms. The van der Waals surface area contributed by atoms with Crippen LogP contribution in [-0.2, 0) is 16.1 Å². The van der Waals surface area contributed by atoms with E-state index in [0.717, 1.165) is 23.1 Å². The number of carboxylic acid groups (broad SMARTS) is 1. The summed E-state index contributed by atoms with van der Waals surface area (Å²) in [5, 5.41) is 23.2. The molecule has 0 aliphatic rings. The van der Waals surface area contributed by atoms with Gasteiger partial charge < -0.3 is 25.6 Å². The van der Waals surface area contributed by atoms with Crippen LogP contribution in [0, 0.1) is 11.6 Å². The molecule has 0 aliphatic heterocycles. The van der Waals surface area contributed by atoms with Crippen LogP contribution in [0.15, 0.2) is 30.5 Å². The number of amides is 2. The standard InChI is InChI=1S/C22H23F2N7O6/c1-22(2,3)37-21(35)27-12(7-17(32)33)10-31-29-19(28-30-31)14-5-4-13(8-15(14)23)36-20-16(24)6-11(9-26-20)18(25)34/h4-6,8-9,12H,7,10H2,1-3H3,(H2,25,34)(H,27,35)(H,32,33). The minimum Gasteiger partial charge on any atom is -0.481 e. The molecule has 13 nitrogen and oxygen atoms in total.